The highest BCUT2D eigenvalue weighted by molar-refractivity contribution is 5.94. The van der Waals surface area contributed by atoms with Gasteiger partial charge in [0.2, 0.25) is 0 Å². The first kappa shape index (κ1) is 18.0. The number of amides is 1. The topological polar surface area (TPSA) is 51.9 Å². The number of benzene rings is 1. The zero-order chi connectivity index (χ0) is 18.8. The second kappa shape index (κ2) is 7.20. The fourth-order valence-electron chi connectivity index (χ4n) is 2.80. The molecule has 5 nitrogen and oxygen atoms in total. The molecule has 0 aliphatic heterocycles. The van der Waals surface area contributed by atoms with Crippen molar-refractivity contribution in [3.8, 4) is 17.1 Å². The normalized spacial score (nSPS) is 12.4. The number of aromatic nitrogens is 3. The minimum atomic E-state index is -0.110. The van der Waals surface area contributed by atoms with Crippen LogP contribution in [0.2, 0.25) is 0 Å². The monoisotopic (exact) mass is 350 g/mol. The minimum Gasteiger partial charge on any atom is -0.349 e. The zero-order valence-electron chi connectivity index (χ0n) is 16.0. The van der Waals surface area contributed by atoms with Crippen LogP contribution in [0.15, 0.2) is 48.7 Å². The van der Waals surface area contributed by atoms with Crippen molar-refractivity contribution in [2.24, 2.45) is 13.0 Å². The first-order valence-electron chi connectivity index (χ1n) is 8.96. The van der Waals surface area contributed by atoms with E-state index in [1.165, 1.54) is 0 Å². The molecule has 0 radical (unpaired) electrons. The molecule has 2 heterocycles. The Hall–Kier alpha value is -2.82. The summed E-state index contributed by atoms with van der Waals surface area (Å²) >= 11 is 0. The maximum absolute atomic E-state index is 12.9. The molecule has 0 saturated carbocycles. The molecular weight excluding hydrogens is 324 g/mol. The van der Waals surface area contributed by atoms with Crippen LogP contribution < -0.4 is 5.32 Å². The quantitative estimate of drug-likeness (QED) is 0.757. The summed E-state index contributed by atoms with van der Waals surface area (Å²) in [5.74, 6) is 0.252. The smallest absolute Gasteiger partial charge is 0.270 e. The summed E-state index contributed by atoms with van der Waals surface area (Å²) in [5, 5.41) is 7.82. The molecule has 0 fully saturated rings. The molecule has 0 aliphatic carbocycles. The van der Waals surface area contributed by atoms with Crippen LogP contribution in [-0.4, -0.2) is 26.3 Å². The first-order chi connectivity index (χ1) is 12.4. The molecule has 1 atom stereocenters. The summed E-state index contributed by atoms with van der Waals surface area (Å²) in [5.41, 5.74) is 4.30. The van der Waals surface area contributed by atoms with E-state index in [0.29, 0.717) is 11.6 Å². The van der Waals surface area contributed by atoms with Crippen LogP contribution in [0.25, 0.3) is 17.1 Å². The van der Waals surface area contributed by atoms with Crippen molar-refractivity contribution in [1.29, 1.82) is 0 Å². The average Bonchev–Trinajstić information content (AvgIpc) is 3.20. The Kier molecular flexibility index (Phi) is 4.98. The number of carbonyl (C=O) groups is 1. The van der Waals surface area contributed by atoms with Gasteiger partial charge in [0.25, 0.3) is 5.91 Å². The number of nitrogens with zero attached hydrogens (tertiary/aromatic N) is 3. The van der Waals surface area contributed by atoms with E-state index in [1.54, 1.807) is 4.68 Å². The van der Waals surface area contributed by atoms with Gasteiger partial charge in [0.15, 0.2) is 0 Å². The van der Waals surface area contributed by atoms with Crippen LogP contribution >= 0.6 is 0 Å². The summed E-state index contributed by atoms with van der Waals surface area (Å²) in [6.45, 7) is 8.25. The van der Waals surface area contributed by atoms with Gasteiger partial charge in [-0.3, -0.25) is 4.79 Å². The number of hydrogen-bond acceptors (Lipinski definition) is 2. The Morgan fingerprint density at radius 2 is 1.88 bits per heavy atom. The van der Waals surface area contributed by atoms with E-state index in [2.05, 4.69) is 19.2 Å². The number of hydrogen-bond donors (Lipinski definition) is 1. The molecular formula is C21H26N4O. The van der Waals surface area contributed by atoms with Gasteiger partial charge < -0.3 is 9.88 Å². The summed E-state index contributed by atoms with van der Waals surface area (Å²) < 4.78 is 3.74. The molecule has 136 valence electrons. The van der Waals surface area contributed by atoms with Gasteiger partial charge in [-0.25, -0.2) is 4.68 Å². The molecule has 1 amide bonds. The fourth-order valence-corrected chi connectivity index (χ4v) is 2.80. The number of rotatable bonds is 5. The molecule has 1 aromatic carbocycles. The molecule has 0 bridgehead atoms. The largest absolute Gasteiger partial charge is 0.349 e. The van der Waals surface area contributed by atoms with E-state index in [1.807, 2.05) is 74.1 Å². The minimum absolute atomic E-state index is 0.0850. The van der Waals surface area contributed by atoms with E-state index >= 15 is 0 Å². The van der Waals surface area contributed by atoms with Gasteiger partial charge in [-0.05, 0) is 55.7 Å². The van der Waals surface area contributed by atoms with Crippen LogP contribution in [0.1, 0.15) is 36.8 Å². The predicted octanol–water partition coefficient (Wildman–Crippen LogP) is 3.96. The summed E-state index contributed by atoms with van der Waals surface area (Å²) in [6, 6.07) is 13.9. The van der Waals surface area contributed by atoms with Crippen LogP contribution in [0.4, 0.5) is 0 Å². The highest BCUT2D eigenvalue weighted by atomic mass is 16.2. The molecule has 2 aromatic heterocycles. The zero-order valence-corrected chi connectivity index (χ0v) is 16.0. The van der Waals surface area contributed by atoms with Gasteiger partial charge in [0.05, 0.1) is 11.4 Å². The fraction of sp³-hybridized carbons (Fsp3) is 0.333. The lowest BCUT2D eigenvalue weighted by Crippen LogP contribution is -2.37. The Morgan fingerprint density at radius 1 is 1.12 bits per heavy atom. The summed E-state index contributed by atoms with van der Waals surface area (Å²) in [7, 11) is 1.97. The van der Waals surface area contributed by atoms with E-state index < -0.39 is 0 Å². The van der Waals surface area contributed by atoms with Gasteiger partial charge >= 0.3 is 0 Å². The van der Waals surface area contributed by atoms with Crippen molar-refractivity contribution in [3.63, 3.8) is 0 Å². The lowest BCUT2D eigenvalue weighted by Gasteiger charge is -2.17. The Labute approximate surface area is 154 Å². The third-order valence-electron chi connectivity index (χ3n) is 4.75. The molecule has 1 N–H and O–H groups in total. The molecule has 5 heteroatoms. The van der Waals surface area contributed by atoms with Crippen LogP contribution in [0.3, 0.4) is 0 Å². The highest BCUT2D eigenvalue weighted by Gasteiger charge is 2.20. The second-order valence-electron chi connectivity index (χ2n) is 7.18. The number of carbonyl (C=O) groups excluding carboxylic acids is 1. The Balaban J connectivity index is 2.07. The van der Waals surface area contributed by atoms with Gasteiger partial charge in [-0.15, -0.1) is 0 Å². The van der Waals surface area contributed by atoms with Crippen molar-refractivity contribution in [1.82, 2.24) is 19.7 Å². The van der Waals surface area contributed by atoms with Gasteiger partial charge in [0, 0.05) is 19.3 Å². The van der Waals surface area contributed by atoms with Crippen molar-refractivity contribution in [2.75, 3.05) is 0 Å². The van der Waals surface area contributed by atoms with Crippen LogP contribution in [-0.2, 0) is 7.05 Å². The maximum Gasteiger partial charge on any atom is 0.270 e. The Morgan fingerprint density at radius 3 is 2.50 bits per heavy atom. The molecule has 0 saturated heterocycles. The van der Waals surface area contributed by atoms with Crippen molar-refractivity contribution < 1.29 is 4.79 Å². The molecule has 1 unspecified atom stereocenters. The van der Waals surface area contributed by atoms with Gasteiger partial charge in [-0.1, -0.05) is 26.0 Å². The maximum atomic E-state index is 12.9. The molecule has 3 aromatic rings. The van der Waals surface area contributed by atoms with E-state index in [4.69, 9.17) is 5.10 Å². The second-order valence-corrected chi connectivity index (χ2v) is 7.18. The van der Waals surface area contributed by atoms with Crippen molar-refractivity contribution in [2.45, 2.75) is 33.7 Å². The highest BCUT2D eigenvalue weighted by Crippen LogP contribution is 2.22. The summed E-state index contributed by atoms with van der Waals surface area (Å²) in [4.78, 5) is 12.9. The van der Waals surface area contributed by atoms with Crippen LogP contribution in [0, 0.1) is 12.8 Å². The van der Waals surface area contributed by atoms with E-state index in [9.17, 15) is 4.79 Å². The lowest BCUT2D eigenvalue weighted by molar-refractivity contribution is 0.0922. The average molecular weight is 350 g/mol. The van der Waals surface area contributed by atoms with Crippen LogP contribution in [0.5, 0.6) is 0 Å². The third kappa shape index (κ3) is 3.57. The van der Waals surface area contributed by atoms with Gasteiger partial charge in [0.1, 0.15) is 11.4 Å². The van der Waals surface area contributed by atoms with E-state index in [-0.39, 0.29) is 11.9 Å². The summed E-state index contributed by atoms with van der Waals surface area (Å²) in [6.07, 6.45) is 1.97. The standard InChI is InChI=1S/C21H26N4O/c1-14(2)16(4)22-21(26)20-13-18(19-10-7-11-24(19)5)23-25(20)17-9-6-8-15(3)12-17/h6-14,16H,1-5H3,(H,22,26). The molecule has 3 rings (SSSR count). The first-order valence-corrected chi connectivity index (χ1v) is 8.96. The third-order valence-corrected chi connectivity index (χ3v) is 4.75. The molecule has 0 spiro atoms. The lowest BCUT2D eigenvalue weighted by atomic mass is 10.1. The van der Waals surface area contributed by atoms with Gasteiger partial charge in [-0.2, -0.15) is 5.10 Å². The number of aryl methyl sites for hydroxylation is 2. The molecule has 26 heavy (non-hydrogen) atoms. The molecule has 0 aliphatic rings. The number of nitrogens with one attached hydrogen (secondary N) is 1. The van der Waals surface area contributed by atoms with Crippen molar-refractivity contribution >= 4 is 5.91 Å². The van der Waals surface area contributed by atoms with E-state index in [0.717, 1.165) is 22.6 Å². The Bertz CT molecular complexity index is 920. The SMILES string of the molecule is Cc1cccc(-n2nc(-c3cccn3C)cc2C(=O)NC(C)C(C)C)c1. The van der Waals surface area contributed by atoms with Crippen molar-refractivity contribution in [3.05, 3.63) is 59.9 Å². The predicted molar refractivity (Wildman–Crippen MR) is 104 cm³/mol.